The van der Waals surface area contributed by atoms with Crippen LogP contribution in [0, 0.1) is 0 Å². The second-order valence-electron chi connectivity index (χ2n) is 5.15. The van der Waals surface area contributed by atoms with Gasteiger partial charge in [0.1, 0.15) is 6.04 Å². The van der Waals surface area contributed by atoms with Crippen molar-refractivity contribution in [2.75, 3.05) is 13.7 Å². The number of nitrogens with one attached hydrogen (secondary N) is 1. The molecule has 1 amide bonds. The van der Waals surface area contributed by atoms with E-state index in [9.17, 15) is 9.59 Å². The molecule has 0 aliphatic heterocycles. The molecule has 0 saturated carbocycles. The molecule has 3 N–H and O–H groups in total. The molecule has 0 saturated heterocycles. The van der Waals surface area contributed by atoms with E-state index >= 15 is 0 Å². The third-order valence-electron chi connectivity index (χ3n) is 3.47. The summed E-state index contributed by atoms with van der Waals surface area (Å²) in [5.41, 5.74) is 7.99. The first kappa shape index (κ1) is 17.4. The predicted molar refractivity (Wildman–Crippen MR) is 94.1 cm³/mol. The first-order valence-electron chi connectivity index (χ1n) is 7.56. The van der Waals surface area contributed by atoms with Gasteiger partial charge in [-0.25, -0.2) is 4.79 Å². The molecule has 0 bridgehead atoms. The van der Waals surface area contributed by atoms with Gasteiger partial charge in [-0.3, -0.25) is 4.79 Å². The van der Waals surface area contributed by atoms with Crippen molar-refractivity contribution < 1.29 is 14.3 Å². The van der Waals surface area contributed by atoms with Gasteiger partial charge in [0.05, 0.1) is 7.11 Å². The summed E-state index contributed by atoms with van der Waals surface area (Å²) in [7, 11) is 1.25. The topological polar surface area (TPSA) is 81.4 Å². The van der Waals surface area contributed by atoms with Crippen molar-refractivity contribution in [2.24, 2.45) is 5.73 Å². The van der Waals surface area contributed by atoms with E-state index in [1.54, 1.807) is 12.1 Å². The number of hydrogen-bond donors (Lipinski definition) is 2. The van der Waals surface area contributed by atoms with Gasteiger partial charge in [-0.15, -0.1) is 0 Å². The highest BCUT2D eigenvalue weighted by atomic mass is 16.5. The Morgan fingerprint density at radius 3 is 2.17 bits per heavy atom. The summed E-state index contributed by atoms with van der Waals surface area (Å²) in [5, 5.41) is 2.55. The fourth-order valence-corrected chi connectivity index (χ4v) is 2.10. The minimum Gasteiger partial charge on any atom is -0.467 e. The van der Waals surface area contributed by atoms with Crippen LogP contribution in [0.25, 0.3) is 12.2 Å². The highest BCUT2D eigenvalue weighted by Gasteiger charge is 2.20. The maximum Gasteiger partial charge on any atom is 0.329 e. The quantitative estimate of drug-likeness (QED) is 0.630. The lowest BCUT2D eigenvalue weighted by atomic mass is 10.1. The Labute approximate surface area is 141 Å². The Morgan fingerprint density at radius 1 is 1.04 bits per heavy atom. The zero-order valence-corrected chi connectivity index (χ0v) is 13.4. The van der Waals surface area contributed by atoms with E-state index in [2.05, 4.69) is 10.1 Å². The highest BCUT2D eigenvalue weighted by Crippen LogP contribution is 2.10. The Balaban J connectivity index is 2.02. The number of hydrogen-bond acceptors (Lipinski definition) is 4. The fourth-order valence-electron chi connectivity index (χ4n) is 2.10. The molecule has 2 rings (SSSR count). The van der Waals surface area contributed by atoms with Crippen molar-refractivity contribution in [2.45, 2.75) is 6.04 Å². The van der Waals surface area contributed by atoms with Crippen LogP contribution >= 0.6 is 0 Å². The number of rotatable bonds is 6. The number of nitrogens with two attached hydrogens (primary N) is 1. The Morgan fingerprint density at radius 2 is 1.62 bits per heavy atom. The Kier molecular flexibility index (Phi) is 6.28. The minimum absolute atomic E-state index is 0.0175. The number of carbonyl (C=O) groups is 2. The zero-order chi connectivity index (χ0) is 17.4. The first-order valence-corrected chi connectivity index (χ1v) is 7.56. The van der Waals surface area contributed by atoms with Crippen LogP contribution in [0.3, 0.4) is 0 Å². The summed E-state index contributed by atoms with van der Waals surface area (Å²) in [6.07, 6.45) is 3.96. The molecule has 5 heteroatoms. The van der Waals surface area contributed by atoms with Gasteiger partial charge in [0.2, 0.25) is 0 Å². The normalized spacial score (nSPS) is 11.9. The van der Waals surface area contributed by atoms with E-state index in [1.807, 2.05) is 54.6 Å². The fraction of sp³-hybridized carbons (Fsp3) is 0.158. The van der Waals surface area contributed by atoms with E-state index < -0.39 is 12.0 Å². The molecule has 5 nitrogen and oxygen atoms in total. The molecule has 0 aliphatic rings. The Bertz CT molecular complexity index is 709. The van der Waals surface area contributed by atoms with Gasteiger partial charge >= 0.3 is 5.97 Å². The smallest absolute Gasteiger partial charge is 0.329 e. The Hall–Kier alpha value is -2.92. The SMILES string of the molecule is COC(=O)[C@H](CN)NC(=O)c1ccc(/C=C/c2ccccc2)cc1. The van der Waals surface area contributed by atoms with Gasteiger partial charge in [0, 0.05) is 12.1 Å². The van der Waals surface area contributed by atoms with E-state index in [4.69, 9.17) is 5.73 Å². The molecule has 124 valence electrons. The van der Waals surface area contributed by atoms with Crippen molar-refractivity contribution in [3.63, 3.8) is 0 Å². The molecular formula is C19H20N2O3. The van der Waals surface area contributed by atoms with Gasteiger partial charge in [0.15, 0.2) is 0 Å². The summed E-state index contributed by atoms with van der Waals surface area (Å²) in [6, 6.07) is 16.2. The summed E-state index contributed by atoms with van der Waals surface area (Å²) in [4.78, 5) is 23.6. The highest BCUT2D eigenvalue weighted by molar-refractivity contribution is 5.97. The summed E-state index contributed by atoms with van der Waals surface area (Å²) < 4.78 is 4.59. The van der Waals surface area contributed by atoms with Crippen molar-refractivity contribution >= 4 is 24.0 Å². The van der Waals surface area contributed by atoms with Crippen LogP contribution in [0.1, 0.15) is 21.5 Å². The molecule has 0 radical (unpaired) electrons. The largest absolute Gasteiger partial charge is 0.467 e. The van der Waals surface area contributed by atoms with Crippen LogP contribution in [-0.4, -0.2) is 31.6 Å². The average Bonchev–Trinajstić information content (AvgIpc) is 2.64. The molecule has 0 fully saturated rings. The molecule has 2 aromatic rings. The van der Waals surface area contributed by atoms with Gasteiger partial charge in [0.25, 0.3) is 5.91 Å². The second kappa shape index (κ2) is 8.64. The lowest BCUT2D eigenvalue weighted by Crippen LogP contribution is -2.46. The zero-order valence-electron chi connectivity index (χ0n) is 13.4. The van der Waals surface area contributed by atoms with E-state index in [1.165, 1.54) is 7.11 Å². The minimum atomic E-state index is -0.847. The summed E-state index contributed by atoms with van der Waals surface area (Å²) >= 11 is 0. The van der Waals surface area contributed by atoms with Crippen LogP contribution in [-0.2, 0) is 9.53 Å². The van der Waals surface area contributed by atoms with Crippen LogP contribution in [0.4, 0.5) is 0 Å². The van der Waals surface area contributed by atoms with Crippen molar-refractivity contribution in [3.05, 3.63) is 71.3 Å². The van der Waals surface area contributed by atoms with Crippen molar-refractivity contribution in [1.82, 2.24) is 5.32 Å². The molecule has 24 heavy (non-hydrogen) atoms. The lowest BCUT2D eigenvalue weighted by Gasteiger charge is -2.14. The molecule has 0 aromatic heterocycles. The van der Waals surface area contributed by atoms with Gasteiger partial charge < -0.3 is 15.8 Å². The number of esters is 1. The number of amides is 1. The molecule has 0 spiro atoms. The summed E-state index contributed by atoms with van der Waals surface area (Å²) in [6.45, 7) is -0.0175. The van der Waals surface area contributed by atoms with Crippen LogP contribution in [0.15, 0.2) is 54.6 Å². The number of methoxy groups -OCH3 is 1. The maximum absolute atomic E-state index is 12.1. The summed E-state index contributed by atoms with van der Waals surface area (Å²) in [5.74, 6) is -0.928. The molecule has 1 atom stereocenters. The third-order valence-corrected chi connectivity index (χ3v) is 3.47. The first-order chi connectivity index (χ1) is 11.6. The van der Waals surface area contributed by atoms with Crippen LogP contribution in [0.5, 0.6) is 0 Å². The standard InChI is InChI=1S/C19H20N2O3/c1-24-19(23)17(13-20)21-18(22)16-11-9-15(10-12-16)8-7-14-5-3-2-4-6-14/h2-12,17H,13,20H2,1H3,(H,21,22)/b8-7+/t17-/m0/s1. The van der Waals surface area contributed by atoms with Crippen LogP contribution in [0.2, 0.25) is 0 Å². The van der Waals surface area contributed by atoms with E-state index in [-0.39, 0.29) is 12.5 Å². The maximum atomic E-state index is 12.1. The third kappa shape index (κ3) is 4.79. The molecular weight excluding hydrogens is 304 g/mol. The lowest BCUT2D eigenvalue weighted by molar-refractivity contribution is -0.142. The monoisotopic (exact) mass is 324 g/mol. The number of carbonyl (C=O) groups excluding carboxylic acids is 2. The van der Waals surface area contributed by atoms with E-state index in [0.29, 0.717) is 5.56 Å². The molecule has 0 heterocycles. The van der Waals surface area contributed by atoms with Crippen molar-refractivity contribution in [1.29, 1.82) is 0 Å². The predicted octanol–water partition coefficient (Wildman–Crippen LogP) is 2.09. The molecule has 2 aromatic carbocycles. The van der Waals surface area contributed by atoms with E-state index in [0.717, 1.165) is 11.1 Å². The number of benzene rings is 2. The van der Waals surface area contributed by atoms with Gasteiger partial charge in [-0.05, 0) is 23.3 Å². The average molecular weight is 324 g/mol. The van der Waals surface area contributed by atoms with Gasteiger partial charge in [-0.2, -0.15) is 0 Å². The van der Waals surface area contributed by atoms with Crippen molar-refractivity contribution in [3.8, 4) is 0 Å². The second-order valence-corrected chi connectivity index (χ2v) is 5.15. The van der Waals surface area contributed by atoms with Gasteiger partial charge in [-0.1, -0.05) is 54.6 Å². The molecule has 0 unspecified atom stereocenters. The number of ether oxygens (including phenoxy) is 1. The molecule has 0 aliphatic carbocycles. The van der Waals surface area contributed by atoms with Crippen LogP contribution < -0.4 is 11.1 Å².